The largest absolute Gasteiger partial charge is 0.378 e. The summed E-state index contributed by atoms with van der Waals surface area (Å²) in [5.41, 5.74) is 2.74. The van der Waals surface area contributed by atoms with Crippen LogP contribution in [-0.2, 0) is 17.6 Å². The average Bonchev–Trinajstić information content (AvgIpc) is 2.76. The lowest BCUT2D eigenvalue weighted by atomic mass is 10.0. The van der Waals surface area contributed by atoms with Crippen molar-refractivity contribution in [1.82, 2.24) is 4.98 Å². The fraction of sp³-hybridized carbons (Fsp3) is 0.643. The van der Waals surface area contributed by atoms with Crippen LogP contribution in [0.2, 0.25) is 0 Å². The van der Waals surface area contributed by atoms with Crippen molar-refractivity contribution in [2.45, 2.75) is 51.2 Å². The molecule has 17 heavy (non-hydrogen) atoms. The van der Waals surface area contributed by atoms with Crippen LogP contribution in [0.5, 0.6) is 0 Å². The maximum atomic E-state index is 5.56. The van der Waals surface area contributed by atoms with E-state index < -0.39 is 0 Å². The summed E-state index contributed by atoms with van der Waals surface area (Å²) in [4.78, 5) is 4.72. The highest BCUT2D eigenvalue weighted by Gasteiger charge is 2.20. The molecule has 3 rings (SSSR count). The molecular formula is C14H20N2O. The van der Waals surface area contributed by atoms with Crippen LogP contribution < -0.4 is 5.32 Å². The van der Waals surface area contributed by atoms with E-state index in [1.165, 1.54) is 24.1 Å². The zero-order valence-electron chi connectivity index (χ0n) is 10.4. The molecule has 1 aromatic rings. The third-order valence-corrected chi connectivity index (χ3v) is 3.77. The highest BCUT2D eigenvalue weighted by atomic mass is 16.5. The Morgan fingerprint density at radius 2 is 2.29 bits per heavy atom. The van der Waals surface area contributed by atoms with E-state index in [9.17, 15) is 0 Å². The number of aromatic nitrogens is 1. The van der Waals surface area contributed by atoms with Gasteiger partial charge in [0.2, 0.25) is 0 Å². The Morgan fingerprint density at radius 3 is 3.18 bits per heavy atom. The van der Waals surface area contributed by atoms with Crippen LogP contribution in [0.4, 0.5) is 5.82 Å². The van der Waals surface area contributed by atoms with Crippen LogP contribution in [0.25, 0.3) is 0 Å². The second kappa shape index (κ2) is 4.65. The summed E-state index contributed by atoms with van der Waals surface area (Å²) in [6.07, 6.45) is 6.16. The Labute approximate surface area is 103 Å². The number of ether oxygens (including phenoxy) is 1. The summed E-state index contributed by atoms with van der Waals surface area (Å²) in [6.45, 7) is 3.01. The van der Waals surface area contributed by atoms with Gasteiger partial charge in [0.1, 0.15) is 5.82 Å². The molecule has 1 aliphatic carbocycles. The molecule has 0 saturated carbocycles. The second-order valence-electron chi connectivity index (χ2n) is 5.20. The molecule has 92 valence electrons. The van der Waals surface area contributed by atoms with Gasteiger partial charge in [-0.3, -0.25) is 0 Å². The number of rotatable bonds is 2. The van der Waals surface area contributed by atoms with Crippen LogP contribution in [0.15, 0.2) is 12.1 Å². The highest BCUT2D eigenvalue weighted by Crippen LogP contribution is 2.23. The molecule has 0 radical (unpaired) electrons. The van der Waals surface area contributed by atoms with Gasteiger partial charge in [0.15, 0.2) is 0 Å². The first kappa shape index (κ1) is 11.0. The quantitative estimate of drug-likeness (QED) is 0.851. The minimum atomic E-state index is 0.371. The molecule has 2 unspecified atom stereocenters. The predicted molar refractivity (Wildman–Crippen MR) is 68.3 cm³/mol. The van der Waals surface area contributed by atoms with E-state index in [2.05, 4.69) is 24.4 Å². The zero-order valence-corrected chi connectivity index (χ0v) is 10.4. The lowest BCUT2D eigenvalue weighted by Crippen LogP contribution is -2.32. The SMILES string of the molecule is CC1CC(Nc2ccc3c(n2)CCC3)CCO1. The lowest BCUT2D eigenvalue weighted by molar-refractivity contribution is 0.0232. The van der Waals surface area contributed by atoms with E-state index in [0.29, 0.717) is 12.1 Å². The van der Waals surface area contributed by atoms with Crippen molar-refractivity contribution >= 4 is 5.82 Å². The smallest absolute Gasteiger partial charge is 0.126 e. The van der Waals surface area contributed by atoms with Crippen LogP contribution in [0.3, 0.4) is 0 Å². The number of aryl methyl sites for hydroxylation is 2. The van der Waals surface area contributed by atoms with Crippen molar-refractivity contribution < 1.29 is 4.74 Å². The van der Waals surface area contributed by atoms with Crippen molar-refractivity contribution in [3.05, 3.63) is 23.4 Å². The molecule has 2 atom stereocenters. The van der Waals surface area contributed by atoms with Gasteiger partial charge in [-0.25, -0.2) is 4.98 Å². The van der Waals surface area contributed by atoms with Gasteiger partial charge in [-0.2, -0.15) is 0 Å². The number of anilines is 1. The third kappa shape index (κ3) is 2.44. The number of hydrogen-bond donors (Lipinski definition) is 1. The van der Waals surface area contributed by atoms with Gasteiger partial charge in [0.05, 0.1) is 6.10 Å². The van der Waals surface area contributed by atoms with E-state index in [0.717, 1.165) is 31.7 Å². The molecule has 3 heteroatoms. The molecule has 0 amide bonds. The Balaban J connectivity index is 1.68. The molecule has 2 heterocycles. The van der Waals surface area contributed by atoms with Gasteiger partial charge >= 0.3 is 0 Å². The number of pyridine rings is 1. The van der Waals surface area contributed by atoms with Crippen LogP contribution >= 0.6 is 0 Å². The Kier molecular flexibility index (Phi) is 3.02. The summed E-state index contributed by atoms with van der Waals surface area (Å²) in [5, 5.41) is 3.55. The molecule has 0 spiro atoms. The summed E-state index contributed by atoms with van der Waals surface area (Å²) in [6, 6.07) is 4.88. The molecule has 0 bridgehead atoms. The first-order valence-electron chi connectivity index (χ1n) is 6.68. The third-order valence-electron chi connectivity index (χ3n) is 3.77. The summed E-state index contributed by atoms with van der Waals surface area (Å²) >= 11 is 0. The fourth-order valence-corrected chi connectivity index (χ4v) is 2.84. The van der Waals surface area contributed by atoms with Gasteiger partial charge < -0.3 is 10.1 Å². The Bertz CT molecular complexity index is 405. The van der Waals surface area contributed by atoms with Gasteiger partial charge in [0, 0.05) is 18.3 Å². The fourth-order valence-electron chi connectivity index (χ4n) is 2.84. The summed E-state index contributed by atoms with van der Waals surface area (Å²) in [5.74, 6) is 1.05. The van der Waals surface area contributed by atoms with Crippen LogP contribution in [0.1, 0.15) is 37.4 Å². The Hall–Kier alpha value is -1.09. The lowest BCUT2D eigenvalue weighted by Gasteiger charge is -2.28. The predicted octanol–water partition coefficient (Wildman–Crippen LogP) is 2.55. The number of hydrogen-bond acceptors (Lipinski definition) is 3. The minimum Gasteiger partial charge on any atom is -0.378 e. The first-order valence-corrected chi connectivity index (χ1v) is 6.68. The van der Waals surface area contributed by atoms with Gasteiger partial charge in [0.25, 0.3) is 0 Å². The Morgan fingerprint density at radius 1 is 1.35 bits per heavy atom. The molecule has 3 nitrogen and oxygen atoms in total. The molecule has 1 aliphatic heterocycles. The van der Waals surface area contributed by atoms with Crippen molar-refractivity contribution in [2.75, 3.05) is 11.9 Å². The van der Waals surface area contributed by atoms with Crippen LogP contribution in [-0.4, -0.2) is 23.7 Å². The van der Waals surface area contributed by atoms with Gasteiger partial charge in [-0.1, -0.05) is 6.07 Å². The normalized spacial score (nSPS) is 27.8. The minimum absolute atomic E-state index is 0.371. The molecule has 1 N–H and O–H groups in total. The van der Waals surface area contributed by atoms with Crippen LogP contribution in [0, 0.1) is 0 Å². The molecule has 1 fully saturated rings. The molecular weight excluding hydrogens is 212 g/mol. The standard InChI is InChI=1S/C14H20N2O/c1-10-9-12(7-8-17-10)15-14-6-5-11-3-2-4-13(11)16-14/h5-6,10,12H,2-4,7-9H2,1H3,(H,15,16). The summed E-state index contributed by atoms with van der Waals surface area (Å²) in [7, 11) is 0. The zero-order chi connectivity index (χ0) is 11.7. The van der Waals surface area contributed by atoms with Crippen molar-refractivity contribution in [3.8, 4) is 0 Å². The molecule has 2 aliphatic rings. The first-order chi connectivity index (χ1) is 8.31. The monoisotopic (exact) mass is 232 g/mol. The molecule has 1 saturated heterocycles. The highest BCUT2D eigenvalue weighted by molar-refractivity contribution is 5.41. The van der Waals surface area contributed by atoms with E-state index in [1.807, 2.05) is 0 Å². The van der Waals surface area contributed by atoms with E-state index in [-0.39, 0.29) is 0 Å². The second-order valence-corrected chi connectivity index (χ2v) is 5.20. The van der Waals surface area contributed by atoms with Gasteiger partial charge in [-0.15, -0.1) is 0 Å². The van der Waals surface area contributed by atoms with Crippen molar-refractivity contribution in [2.24, 2.45) is 0 Å². The summed E-state index contributed by atoms with van der Waals surface area (Å²) < 4.78 is 5.56. The molecule has 1 aromatic heterocycles. The van der Waals surface area contributed by atoms with Crippen molar-refractivity contribution in [3.63, 3.8) is 0 Å². The van der Waals surface area contributed by atoms with E-state index in [4.69, 9.17) is 9.72 Å². The van der Waals surface area contributed by atoms with E-state index in [1.54, 1.807) is 0 Å². The topological polar surface area (TPSA) is 34.2 Å². The van der Waals surface area contributed by atoms with Gasteiger partial charge in [-0.05, 0) is 50.7 Å². The number of fused-ring (bicyclic) bond motifs is 1. The average molecular weight is 232 g/mol. The number of nitrogens with zero attached hydrogens (tertiary/aromatic N) is 1. The maximum Gasteiger partial charge on any atom is 0.126 e. The van der Waals surface area contributed by atoms with Crippen molar-refractivity contribution in [1.29, 1.82) is 0 Å². The number of nitrogens with one attached hydrogen (secondary N) is 1. The van der Waals surface area contributed by atoms with E-state index >= 15 is 0 Å². The maximum absolute atomic E-state index is 5.56. The molecule has 0 aromatic carbocycles.